The molecule has 1 aromatic heterocycles. The summed E-state index contributed by atoms with van der Waals surface area (Å²) in [6, 6.07) is 12.8. The van der Waals surface area contributed by atoms with Crippen molar-refractivity contribution >= 4 is 11.6 Å². The number of hydrogen-bond acceptors (Lipinski definition) is 4. The van der Waals surface area contributed by atoms with Crippen LogP contribution in [0.4, 0.5) is 8.78 Å². The molecule has 1 spiro atoms. The number of aryl methyl sites for hydroxylation is 1. The van der Waals surface area contributed by atoms with Crippen LogP contribution in [-0.4, -0.2) is 22.2 Å². The highest BCUT2D eigenvalue weighted by molar-refractivity contribution is 6.05. The Labute approximate surface area is 209 Å². The molecule has 5 rings (SSSR count). The average molecular weight is 490 g/mol. The van der Waals surface area contributed by atoms with Gasteiger partial charge in [-0.1, -0.05) is 23.7 Å². The summed E-state index contributed by atoms with van der Waals surface area (Å²) in [7, 11) is 0. The summed E-state index contributed by atoms with van der Waals surface area (Å²) in [6.07, 6.45) is 7.14. The van der Waals surface area contributed by atoms with Gasteiger partial charge >= 0.3 is 0 Å². The highest BCUT2D eigenvalue weighted by atomic mass is 19.1. The lowest BCUT2D eigenvalue weighted by molar-refractivity contribution is -0.0449. The molecule has 1 saturated carbocycles. The molecule has 1 amide bonds. The van der Waals surface area contributed by atoms with Gasteiger partial charge in [0.1, 0.15) is 17.2 Å². The largest absolute Gasteiger partial charge is 0.389 e. The van der Waals surface area contributed by atoms with E-state index >= 15 is 0 Å². The van der Waals surface area contributed by atoms with E-state index in [0.29, 0.717) is 28.8 Å². The van der Waals surface area contributed by atoms with Crippen molar-refractivity contribution in [1.82, 2.24) is 10.3 Å². The zero-order valence-corrected chi connectivity index (χ0v) is 20.5. The summed E-state index contributed by atoms with van der Waals surface area (Å²) < 4.78 is 28.2. The van der Waals surface area contributed by atoms with Crippen molar-refractivity contribution in [3.8, 4) is 11.1 Å². The van der Waals surface area contributed by atoms with Crippen LogP contribution < -0.4 is 5.32 Å². The minimum atomic E-state index is -0.445. The summed E-state index contributed by atoms with van der Waals surface area (Å²) in [5, 5.41) is 7.34. The van der Waals surface area contributed by atoms with E-state index in [2.05, 4.69) is 15.5 Å². The van der Waals surface area contributed by atoms with E-state index in [1.54, 1.807) is 25.1 Å². The first kappa shape index (κ1) is 24.1. The van der Waals surface area contributed by atoms with Crippen LogP contribution in [0.1, 0.15) is 78.7 Å². The van der Waals surface area contributed by atoms with Crippen LogP contribution >= 0.6 is 0 Å². The summed E-state index contributed by atoms with van der Waals surface area (Å²) in [6.45, 7) is 3.62. The maximum absolute atomic E-state index is 14.9. The Bertz CT molecular complexity index is 1310. The second-order valence-electron chi connectivity index (χ2n) is 9.93. The van der Waals surface area contributed by atoms with Crippen LogP contribution in [-0.2, 0) is 4.84 Å². The number of nitrogens with one attached hydrogen (secondary N) is 1. The number of oxime groups is 1. The van der Waals surface area contributed by atoms with E-state index in [-0.39, 0.29) is 17.3 Å². The van der Waals surface area contributed by atoms with E-state index in [1.807, 2.05) is 19.1 Å². The summed E-state index contributed by atoms with van der Waals surface area (Å²) in [4.78, 5) is 23.3. The fourth-order valence-electron chi connectivity index (χ4n) is 5.07. The van der Waals surface area contributed by atoms with Gasteiger partial charge < -0.3 is 10.2 Å². The van der Waals surface area contributed by atoms with Gasteiger partial charge in [-0.3, -0.25) is 9.78 Å². The van der Waals surface area contributed by atoms with Crippen LogP contribution in [0.3, 0.4) is 0 Å². The molecule has 0 bridgehead atoms. The Hall–Kier alpha value is -3.61. The normalized spacial score (nSPS) is 17.4. The minimum absolute atomic E-state index is 0.274. The molecule has 2 aromatic carbocycles. The number of rotatable bonds is 5. The van der Waals surface area contributed by atoms with Crippen LogP contribution in [0.15, 0.2) is 59.9 Å². The molecule has 1 atom stereocenters. The smallest absolute Gasteiger partial charge is 0.251 e. The zero-order chi connectivity index (χ0) is 25.3. The molecule has 36 heavy (non-hydrogen) atoms. The third-order valence-electron chi connectivity index (χ3n) is 7.11. The van der Waals surface area contributed by atoms with Crippen molar-refractivity contribution in [2.24, 2.45) is 5.16 Å². The molecule has 0 radical (unpaired) electrons. The Morgan fingerprint density at radius 3 is 2.53 bits per heavy atom. The number of nitrogens with zero attached hydrogens (tertiary/aromatic N) is 2. The predicted molar refractivity (Wildman–Crippen MR) is 135 cm³/mol. The lowest BCUT2D eigenvalue weighted by Gasteiger charge is -2.30. The minimum Gasteiger partial charge on any atom is -0.389 e. The van der Waals surface area contributed by atoms with Gasteiger partial charge in [-0.25, -0.2) is 8.78 Å². The first-order chi connectivity index (χ1) is 17.3. The molecular weight excluding hydrogens is 460 g/mol. The molecule has 0 saturated heterocycles. The van der Waals surface area contributed by atoms with Crippen LogP contribution in [0.25, 0.3) is 11.1 Å². The van der Waals surface area contributed by atoms with Crippen molar-refractivity contribution in [2.75, 3.05) is 0 Å². The van der Waals surface area contributed by atoms with Crippen molar-refractivity contribution in [2.45, 2.75) is 64.0 Å². The Morgan fingerprint density at radius 2 is 1.81 bits per heavy atom. The van der Waals surface area contributed by atoms with Gasteiger partial charge in [-0.2, -0.15) is 0 Å². The number of aromatic nitrogens is 1. The van der Waals surface area contributed by atoms with Crippen molar-refractivity contribution in [1.29, 1.82) is 0 Å². The topological polar surface area (TPSA) is 63.6 Å². The fourth-order valence-corrected chi connectivity index (χ4v) is 5.07. The number of benzene rings is 2. The quantitative estimate of drug-likeness (QED) is 0.436. The van der Waals surface area contributed by atoms with Crippen LogP contribution in [0, 0.1) is 18.6 Å². The van der Waals surface area contributed by atoms with Gasteiger partial charge in [-0.05, 0) is 87.1 Å². The maximum Gasteiger partial charge on any atom is 0.251 e. The first-order valence-corrected chi connectivity index (χ1v) is 12.4. The number of carbonyl (C=O) groups is 1. The molecule has 7 heteroatoms. The number of amides is 1. The Kier molecular flexibility index (Phi) is 6.56. The van der Waals surface area contributed by atoms with Gasteiger partial charge in [0, 0.05) is 23.1 Å². The molecule has 1 N–H and O–H groups in total. The van der Waals surface area contributed by atoms with E-state index in [4.69, 9.17) is 4.84 Å². The lowest BCUT2D eigenvalue weighted by Crippen LogP contribution is -2.31. The molecule has 1 aliphatic heterocycles. The molecule has 2 aliphatic rings. The van der Waals surface area contributed by atoms with E-state index in [1.165, 1.54) is 24.6 Å². The maximum atomic E-state index is 14.9. The second-order valence-corrected chi connectivity index (χ2v) is 9.93. The molecule has 1 aliphatic carbocycles. The SMILES string of the molecule is Cc1ccc(-c2cc(C(=O)N[C@H](C)c3ccc(F)cn3)cc(C3=NOC4(CCCCC4)C3)c2)c(F)c1. The summed E-state index contributed by atoms with van der Waals surface area (Å²) >= 11 is 0. The van der Waals surface area contributed by atoms with Gasteiger partial charge in [-0.15, -0.1) is 0 Å². The second kappa shape index (κ2) is 9.80. The van der Waals surface area contributed by atoms with Crippen molar-refractivity contribution in [3.63, 3.8) is 0 Å². The average Bonchev–Trinajstić information content (AvgIpc) is 3.27. The van der Waals surface area contributed by atoms with E-state index < -0.39 is 11.9 Å². The van der Waals surface area contributed by atoms with Gasteiger partial charge in [0.05, 0.1) is 23.6 Å². The number of carbonyl (C=O) groups excluding carboxylic acids is 1. The summed E-state index contributed by atoms with van der Waals surface area (Å²) in [5.41, 5.74) is 3.98. The number of pyridine rings is 1. The Balaban J connectivity index is 1.48. The molecule has 2 heterocycles. The molecular formula is C29H29F2N3O2. The van der Waals surface area contributed by atoms with Crippen LogP contribution in [0.5, 0.6) is 0 Å². The zero-order valence-electron chi connectivity index (χ0n) is 20.5. The molecule has 5 nitrogen and oxygen atoms in total. The molecule has 3 aromatic rings. The highest BCUT2D eigenvalue weighted by Gasteiger charge is 2.40. The van der Waals surface area contributed by atoms with Gasteiger partial charge in [0.2, 0.25) is 0 Å². The predicted octanol–water partition coefficient (Wildman–Crippen LogP) is 6.65. The number of halogens is 2. The van der Waals surface area contributed by atoms with Gasteiger partial charge in [0.15, 0.2) is 0 Å². The van der Waals surface area contributed by atoms with E-state index in [0.717, 1.165) is 48.7 Å². The monoisotopic (exact) mass is 489 g/mol. The first-order valence-electron chi connectivity index (χ1n) is 12.4. The lowest BCUT2D eigenvalue weighted by atomic mass is 9.80. The summed E-state index contributed by atoms with van der Waals surface area (Å²) in [5.74, 6) is -1.13. The third-order valence-corrected chi connectivity index (χ3v) is 7.11. The van der Waals surface area contributed by atoms with Crippen molar-refractivity contribution < 1.29 is 18.4 Å². The van der Waals surface area contributed by atoms with E-state index in [9.17, 15) is 13.6 Å². The number of hydrogen-bond donors (Lipinski definition) is 1. The molecule has 1 fully saturated rings. The van der Waals surface area contributed by atoms with Crippen molar-refractivity contribution in [3.05, 3.63) is 88.7 Å². The third kappa shape index (κ3) is 5.01. The molecule has 186 valence electrons. The van der Waals surface area contributed by atoms with Gasteiger partial charge in [0.25, 0.3) is 5.91 Å². The Morgan fingerprint density at radius 1 is 1.03 bits per heavy atom. The highest BCUT2D eigenvalue weighted by Crippen LogP contribution is 2.40. The standard InChI is InChI=1S/C29H29F2N3O2/c1-18-6-8-24(25(31)12-18)20-13-21(27-16-29(36-34-27)10-4-3-5-11-29)15-22(14-20)28(35)33-19(2)26-9-7-23(30)17-32-26/h6-9,12-15,17,19H,3-5,10-11,16H2,1-2H3,(H,33,35)/t19-/m1/s1. The fraction of sp³-hybridized carbons (Fsp3) is 0.345. The van der Waals surface area contributed by atoms with Crippen LogP contribution in [0.2, 0.25) is 0 Å². The molecule has 0 unspecified atom stereocenters.